The van der Waals surface area contributed by atoms with Gasteiger partial charge in [-0.1, -0.05) is 20.3 Å². The number of carbonyl (C=O) groups excluding carboxylic acids is 2. The third-order valence-electron chi connectivity index (χ3n) is 3.95. The van der Waals surface area contributed by atoms with Crippen LogP contribution in [0.4, 0.5) is 0 Å². The van der Waals surface area contributed by atoms with Gasteiger partial charge in [0.2, 0.25) is 5.91 Å². The Morgan fingerprint density at radius 2 is 2.09 bits per heavy atom. The minimum atomic E-state index is -0.864. The van der Waals surface area contributed by atoms with Gasteiger partial charge in [0.05, 0.1) is 6.54 Å². The van der Waals surface area contributed by atoms with Crippen molar-refractivity contribution < 1.29 is 14.3 Å². The quantitative estimate of drug-likeness (QED) is 0.705. The molecule has 1 aliphatic rings. The normalized spacial score (nSPS) is 21.5. The van der Waals surface area contributed by atoms with Crippen LogP contribution in [0.3, 0.4) is 0 Å². The SMILES string of the molecule is CCCCC1=NC(CC)(CNC(=O)COC)C(=O)N1C(C)C. The predicted octanol–water partition coefficient (Wildman–Crippen LogP) is 1.74. The number of amidine groups is 1. The molecule has 6 heteroatoms. The lowest BCUT2D eigenvalue weighted by Crippen LogP contribution is -2.51. The van der Waals surface area contributed by atoms with Crippen LogP contribution in [0.2, 0.25) is 0 Å². The molecule has 126 valence electrons. The summed E-state index contributed by atoms with van der Waals surface area (Å²) in [5.74, 6) is 0.620. The number of aliphatic imine (C=N–C) groups is 1. The summed E-state index contributed by atoms with van der Waals surface area (Å²) in [5, 5.41) is 2.77. The summed E-state index contributed by atoms with van der Waals surface area (Å²) in [5.41, 5.74) is -0.864. The molecule has 22 heavy (non-hydrogen) atoms. The van der Waals surface area contributed by atoms with E-state index in [0.29, 0.717) is 6.42 Å². The van der Waals surface area contributed by atoms with Gasteiger partial charge < -0.3 is 10.1 Å². The second-order valence-corrected chi connectivity index (χ2v) is 6.00. The predicted molar refractivity (Wildman–Crippen MR) is 86.8 cm³/mol. The highest BCUT2D eigenvalue weighted by Gasteiger charge is 2.47. The average Bonchev–Trinajstić information content (AvgIpc) is 2.76. The molecule has 1 atom stereocenters. The Morgan fingerprint density at radius 3 is 2.59 bits per heavy atom. The highest BCUT2D eigenvalue weighted by atomic mass is 16.5. The second kappa shape index (κ2) is 8.27. The summed E-state index contributed by atoms with van der Waals surface area (Å²) < 4.78 is 4.80. The number of nitrogens with one attached hydrogen (secondary N) is 1. The van der Waals surface area contributed by atoms with E-state index in [0.717, 1.165) is 25.1 Å². The monoisotopic (exact) mass is 311 g/mol. The molecule has 1 aliphatic heterocycles. The van der Waals surface area contributed by atoms with Crippen LogP contribution in [-0.2, 0) is 14.3 Å². The van der Waals surface area contributed by atoms with E-state index in [4.69, 9.17) is 9.73 Å². The Kier molecular flexibility index (Phi) is 7.00. The molecule has 1 heterocycles. The molecule has 0 saturated heterocycles. The van der Waals surface area contributed by atoms with E-state index in [1.54, 1.807) is 4.90 Å². The fourth-order valence-electron chi connectivity index (χ4n) is 2.63. The maximum absolute atomic E-state index is 12.9. The molecule has 1 rings (SSSR count). The molecule has 0 aromatic carbocycles. The van der Waals surface area contributed by atoms with Gasteiger partial charge in [-0.15, -0.1) is 0 Å². The van der Waals surface area contributed by atoms with Crippen LogP contribution < -0.4 is 5.32 Å². The van der Waals surface area contributed by atoms with E-state index in [9.17, 15) is 9.59 Å². The van der Waals surface area contributed by atoms with Crippen LogP contribution in [0.1, 0.15) is 53.4 Å². The molecule has 0 aliphatic carbocycles. The number of nitrogens with zero attached hydrogens (tertiary/aromatic N) is 2. The summed E-state index contributed by atoms with van der Waals surface area (Å²) in [6.45, 7) is 8.26. The van der Waals surface area contributed by atoms with Gasteiger partial charge in [0.1, 0.15) is 12.4 Å². The molecule has 0 bridgehead atoms. The minimum Gasteiger partial charge on any atom is -0.375 e. The first kappa shape index (κ1) is 18.6. The lowest BCUT2D eigenvalue weighted by molar-refractivity contribution is -0.132. The summed E-state index contributed by atoms with van der Waals surface area (Å²) in [6, 6.07) is 0.0752. The lowest BCUT2D eigenvalue weighted by atomic mass is 9.96. The van der Waals surface area contributed by atoms with Gasteiger partial charge in [-0.2, -0.15) is 0 Å². The van der Waals surface area contributed by atoms with Gasteiger partial charge in [0.15, 0.2) is 5.54 Å². The number of amides is 2. The number of unbranched alkanes of at least 4 members (excludes halogenated alkanes) is 1. The molecule has 0 radical (unpaired) electrons. The van der Waals surface area contributed by atoms with Crippen LogP contribution in [0, 0.1) is 0 Å². The van der Waals surface area contributed by atoms with Crippen LogP contribution in [-0.4, -0.2) is 54.4 Å². The fraction of sp³-hybridized carbons (Fsp3) is 0.812. The molecule has 1 N–H and O–H groups in total. The van der Waals surface area contributed by atoms with Crippen molar-refractivity contribution in [1.82, 2.24) is 10.2 Å². The van der Waals surface area contributed by atoms with E-state index in [2.05, 4.69) is 12.2 Å². The van der Waals surface area contributed by atoms with Crippen LogP contribution >= 0.6 is 0 Å². The van der Waals surface area contributed by atoms with E-state index < -0.39 is 5.54 Å². The van der Waals surface area contributed by atoms with Crippen molar-refractivity contribution in [3.05, 3.63) is 0 Å². The van der Waals surface area contributed by atoms with Crippen LogP contribution in [0.15, 0.2) is 4.99 Å². The van der Waals surface area contributed by atoms with Gasteiger partial charge in [-0.3, -0.25) is 19.5 Å². The third kappa shape index (κ3) is 4.06. The molecule has 0 aromatic heterocycles. The minimum absolute atomic E-state index is 0.00567. The van der Waals surface area contributed by atoms with Crippen LogP contribution in [0.25, 0.3) is 0 Å². The van der Waals surface area contributed by atoms with E-state index in [-0.39, 0.29) is 31.0 Å². The number of methoxy groups -OCH3 is 1. The summed E-state index contributed by atoms with van der Waals surface area (Å²) in [4.78, 5) is 31.0. The zero-order chi connectivity index (χ0) is 16.8. The van der Waals surface area contributed by atoms with Crippen molar-refractivity contribution in [3.63, 3.8) is 0 Å². The largest absolute Gasteiger partial charge is 0.375 e. The molecule has 6 nitrogen and oxygen atoms in total. The Morgan fingerprint density at radius 1 is 1.41 bits per heavy atom. The molecule has 0 fully saturated rings. The fourth-order valence-corrected chi connectivity index (χ4v) is 2.63. The molecule has 2 amide bonds. The number of hydrogen-bond acceptors (Lipinski definition) is 4. The van der Waals surface area contributed by atoms with Crippen molar-refractivity contribution in [2.45, 2.75) is 65.0 Å². The second-order valence-electron chi connectivity index (χ2n) is 6.00. The van der Waals surface area contributed by atoms with Gasteiger partial charge in [0.25, 0.3) is 5.91 Å². The van der Waals surface area contributed by atoms with Crippen molar-refractivity contribution >= 4 is 17.6 Å². The van der Waals surface area contributed by atoms with Gasteiger partial charge in [-0.05, 0) is 26.7 Å². The standard InChI is InChI=1S/C16H29N3O3/c1-6-8-9-13-18-16(7-2,11-17-14(20)10-22-5)15(21)19(13)12(3)4/h12H,6-11H2,1-5H3,(H,17,20). The number of rotatable bonds is 9. The summed E-state index contributed by atoms with van der Waals surface area (Å²) in [7, 11) is 1.47. The first-order chi connectivity index (χ1) is 10.4. The van der Waals surface area contributed by atoms with Crippen molar-refractivity contribution in [3.8, 4) is 0 Å². The third-order valence-corrected chi connectivity index (χ3v) is 3.95. The highest BCUT2D eigenvalue weighted by Crippen LogP contribution is 2.29. The Labute approximate surface area is 133 Å². The lowest BCUT2D eigenvalue weighted by Gasteiger charge is -2.28. The first-order valence-electron chi connectivity index (χ1n) is 8.09. The van der Waals surface area contributed by atoms with Crippen molar-refractivity contribution in [2.75, 3.05) is 20.3 Å². The molecular weight excluding hydrogens is 282 g/mol. The Hall–Kier alpha value is -1.43. The van der Waals surface area contributed by atoms with Gasteiger partial charge >= 0.3 is 0 Å². The Balaban J connectivity index is 2.94. The zero-order valence-corrected chi connectivity index (χ0v) is 14.4. The van der Waals surface area contributed by atoms with E-state index in [1.807, 2.05) is 20.8 Å². The topological polar surface area (TPSA) is 71.0 Å². The summed E-state index contributed by atoms with van der Waals surface area (Å²) in [6.07, 6.45) is 3.43. The van der Waals surface area contributed by atoms with Crippen LogP contribution in [0.5, 0.6) is 0 Å². The number of carbonyl (C=O) groups is 2. The number of hydrogen-bond donors (Lipinski definition) is 1. The van der Waals surface area contributed by atoms with Gasteiger partial charge in [0, 0.05) is 19.6 Å². The van der Waals surface area contributed by atoms with E-state index in [1.165, 1.54) is 7.11 Å². The molecular formula is C16H29N3O3. The summed E-state index contributed by atoms with van der Waals surface area (Å²) >= 11 is 0. The van der Waals surface area contributed by atoms with Crippen molar-refractivity contribution in [2.24, 2.45) is 4.99 Å². The first-order valence-corrected chi connectivity index (χ1v) is 8.09. The zero-order valence-electron chi connectivity index (χ0n) is 14.4. The molecule has 0 saturated carbocycles. The van der Waals surface area contributed by atoms with E-state index >= 15 is 0 Å². The number of ether oxygens (including phenoxy) is 1. The highest BCUT2D eigenvalue weighted by molar-refractivity contribution is 6.08. The molecule has 0 aromatic rings. The van der Waals surface area contributed by atoms with Crippen molar-refractivity contribution in [1.29, 1.82) is 0 Å². The molecule has 1 unspecified atom stereocenters. The van der Waals surface area contributed by atoms with Gasteiger partial charge in [-0.25, -0.2) is 0 Å². The average molecular weight is 311 g/mol. The maximum Gasteiger partial charge on any atom is 0.257 e. The molecule has 0 spiro atoms. The Bertz CT molecular complexity index is 434. The smallest absolute Gasteiger partial charge is 0.257 e. The maximum atomic E-state index is 12.9.